The molecule has 2 N–H and O–H groups in total. The standard InChI is InChI=1S/C13H18N4O3S/c1-3-6-14-12(18)17-7-5-9-10(8-17)21-11(15-9)16-13(19)20-4-2/h3H,1,4-8H2,2H3,(H,14,18)(H,15,16,19). The van der Waals surface area contributed by atoms with Gasteiger partial charge in [0, 0.05) is 24.4 Å². The number of carbonyl (C=O) groups excluding carboxylic acids is 2. The third-order valence-corrected chi connectivity index (χ3v) is 3.90. The van der Waals surface area contributed by atoms with Crippen LogP contribution in [0.25, 0.3) is 0 Å². The highest BCUT2D eigenvalue weighted by Crippen LogP contribution is 2.28. The van der Waals surface area contributed by atoms with Gasteiger partial charge >= 0.3 is 12.1 Å². The van der Waals surface area contributed by atoms with Gasteiger partial charge in [0.05, 0.1) is 18.8 Å². The minimum atomic E-state index is -0.510. The molecule has 0 aromatic carbocycles. The average Bonchev–Trinajstić information content (AvgIpc) is 2.85. The molecule has 0 radical (unpaired) electrons. The highest BCUT2D eigenvalue weighted by molar-refractivity contribution is 7.15. The lowest BCUT2D eigenvalue weighted by Gasteiger charge is -2.25. The van der Waals surface area contributed by atoms with E-state index in [2.05, 4.69) is 22.2 Å². The van der Waals surface area contributed by atoms with Gasteiger partial charge in [-0.3, -0.25) is 5.32 Å². The van der Waals surface area contributed by atoms with Gasteiger partial charge in [-0.15, -0.1) is 6.58 Å². The van der Waals surface area contributed by atoms with Crippen LogP contribution in [-0.2, 0) is 17.7 Å². The lowest BCUT2D eigenvalue weighted by Crippen LogP contribution is -2.42. The van der Waals surface area contributed by atoms with Crippen molar-refractivity contribution in [3.8, 4) is 0 Å². The Morgan fingerprint density at radius 3 is 3.10 bits per heavy atom. The number of amides is 3. The topological polar surface area (TPSA) is 83.6 Å². The number of nitrogens with zero attached hydrogens (tertiary/aromatic N) is 2. The Kier molecular flexibility index (Phi) is 5.15. The monoisotopic (exact) mass is 310 g/mol. The van der Waals surface area contributed by atoms with Crippen molar-refractivity contribution in [2.24, 2.45) is 0 Å². The number of thiazole rings is 1. The maximum atomic E-state index is 11.9. The van der Waals surface area contributed by atoms with Crippen molar-refractivity contribution in [3.05, 3.63) is 23.2 Å². The van der Waals surface area contributed by atoms with Crippen molar-refractivity contribution in [2.75, 3.05) is 25.0 Å². The van der Waals surface area contributed by atoms with Crippen molar-refractivity contribution in [3.63, 3.8) is 0 Å². The van der Waals surface area contributed by atoms with E-state index < -0.39 is 6.09 Å². The molecule has 2 heterocycles. The molecule has 0 bridgehead atoms. The molecule has 114 valence electrons. The molecule has 1 aromatic heterocycles. The summed E-state index contributed by atoms with van der Waals surface area (Å²) in [5.74, 6) is 0. The molecule has 1 aliphatic heterocycles. The van der Waals surface area contributed by atoms with E-state index in [0.29, 0.717) is 37.8 Å². The van der Waals surface area contributed by atoms with Crippen LogP contribution >= 0.6 is 11.3 Å². The van der Waals surface area contributed by atoms with Crippen LogP contribution in [0.2, 0.25) is 0 Å². The Labute approximate surface area is 127 Å². The number of aromatic nitrogens is 1. The summed E-state index contributed by atoms with van der Waals surface area (Å²) in [7, 11) is 0. The van der Waals surface area contributed by atoms with E-state index in [1.54, 1.807) is 17.9 Å². The van der Waals surface area contributed by atoms with E-state index in [1.807, 2.05) is 0 Å². The van der Waals surface area contributed by atoms with Gasteiger partial charge in [0.25, 0.3) is 0 Å². The van der Waals surface area contributed by atoms with E-state index >= 15 is 0 Å². The number of urea groups is 1. The second kappa shape index (κ2) is 7.07. The van der Waals surface area contributed by atoms with Crippen LogP contribution in [0.5, 0.6) is 0 Å². The van der Waals surface area contributed by atoms with E-state index in [9.17, 15) is 9.59 Å². The van der Waals surface area contributed by atoms with Crippen LogP contribution in [0.1, 0.15) is 17.5 Å². The largest absolute Gasteiger partial charge is 0.450 e. The van der Waals surface area contributed by atoms with Crippen molar-refractivity contribution in [1.82, 2.24) is 15.2 Å². The van der Waals surface area contributed by atoms with Crippen LogP contribution < -0.4 is 10.6 Å². The molecule has 0 spiro atoms. The zero-order valence-corrected chi connectivity index (χ0v) is 12.7. The predicted octanol–water partition coefficient (Wildman–Crippen LogP) is 1.97. The summed E-state index contributed by atoms with van der Waals surface area (Å²) in [4.78, 5) is 30.3. The normalized spacial score (nSPS) is 13.3. The summed E-state index contributed by atoms with van der Waals surface area (Å²) in [6.45, 7) is 7.18. The van der Waals surface area contributed by atoms with Gasteiger partial charge in [0.1, 0.15) is 0 Å². The van der Waals surface area contributed by atoms with Crippen LogP contribution in [0.15, 0.2) is 12.7 Å². The molecule has 0 unspecified atom stereocenters. The smallest absolute Gasteiger partial charge is 0.413 e. The second-order valence-corrected chi connectivity index (χ2v) is 5.46. The first-order valence-corrected chi connectivity index (χ1v) is 7.51. The summed E-state index contributed by atoms with van der Waals surface area (Å²) in [6, 6.07) is -0.117. The molecular formula is C13H18N4O3S. The maximum Gasteiger partial charge on any atom is 0.413 e. The van der Waals surface area contributed by atoms with Crippen LogP contribution in [0, 0.1) is 0 Å². The minimum absolute atomic E-state index is 0.117. The van der Waals surface area contributed by atoms with Gasteiger partial charge in [-0.05, 0) is 6.92 Å². The molecule has 0 saturated heterocycles. The number of hydrogen-bond acceptors (Lipinski definition) is 5. The summed E-state index contributed by atoms with van der Waals surface area (Å²) in [5, 5.41) is 5.85. The van der Waals surface area contributed by atoms with Gasteiger partial charge in [-0.2, -0.15) is 0 Å². The average molecular weight is 310 g/mol. The Hall–Kier alpha value is -2.09. The van der Waals surface area contributed by atoms with Gasteiger partial charge in [-0.1, -0.05) is 17.4 Å². The van der Waals surface area contributed by atoms with Crippen molar-refractivity contribution in [1.29, 1.82) is 0 Å². The first-order valence-electron chi connectivity index (χ1n) is 6.70. The fourth-order valence-electron chi connectivity index (χ4n) is 1.95. The molecule has 21 heavy (non-hydrogen) atoms. The Morgan fingerprint density at radius 1 is 1.57 bits per heavy atom. The first-order chi connectivity index (χ1) is 10.1. The molecule has 0 aliphatic carbocycles. The zero-order chi connectivity index (χ0) is 15.2. The lowest BCUT2D eigenvalue weighted by atomic mass is 10.2. The third kappa shape index (κ3) is 3.94. The van der Waals surface area contributed by atoms with E-state index in [4.69, 9.17) is 4.74 Å². The summed E-state index contributed by atoms with van der Waals surface area (Å²) in [6.07, 6.45) is 1.81. The van der Waals surface area contributed by atoms with Crippen LogP contribution in [0.4, 0.5) is 14.7 Å². The molecule has 2 rings (SSSR count). The van der Waals surface area contributed by atoms with Crippen LogP contribution in [0.3, 0.4) is 0 Å². The predicted molar refractivity (Wildman–Crippen MR) is 80.5 cm³/mol. The van der Waals surface area contributed by atoms with Gasteiger partial charge < -0.3 is 15.0 Å². The second-order valence-electron chi connectivity index (χ2n) is 4.38. The highest BCUT2D eigenvalue weighted by Gasteiger charge is 2.24. The van der Waals surface area contributed by atoms with Crippen LogP contribution in [-0.4, -0.2) is 41.7 Å². The van der Waals surface area contributed by atoms with Crippen molar-refractivity contribution in [2.45, 2.75) is 19.9 Å². The summed E-state index contributed by atoms with van der Waals surface area (Å²) in [5.41, 5.74) is 0.930. The molecule has 0 atom stereocenters. The molecule has 3 amide bonds. The highest BCUT2D eigenvalue weighted by atomic mass is 32.1. The molecule has 1 aromatic rings. The fourth-order valence-corrected chi connectivity index (χ4v) is 2.96. The quantitative estimate of drug-likeness (QED) is 0.833. The number of nitrogens with one attached hydrogen (secondary N) is 2. The summed E-state index contributed by atoms with van der Waals surface area (Å²) >= 11 is 1.37. The third-order valence-electron chi connectivity index (χ3n) is 2.90. The van der Waals surface area contributed by atoms with E-state index in [1.165, 1.54) is 11.3 Å². The number of ether oxygens (including phenoxy) is 1. The van der Waals surface area contributed by atoms with Gasteiger partial charge in [0.2, 0.25) is 0 Å². The fraction of sp³-hybridized carbons (Fsp3) is 0.462. The van der Waals surface area contributed by atoms with E-state index in [-0.39, 0.29) is 6.03 Å². The van der Waals surface area contributed by atoms with Crippen molar-refractivity contribution < 1.29 is 14.3 Å². The Morgan fingerprint density at radius 2 is 2.38 bits per heavy atom. The number of anilines is 1. The zero-order valence-electron chi connectivity index (χ0n) is 11.8. The molecule has 1 aliphatic rings. The molecule has 7 nitrogen and oxygen atoms in total. The van der Waals surface area contributed by atoms with Crippen molar-refractivity contribution >= 4 is 28.6 Å². The lowest BCUT2D eigenvalue weighted by molar-refractivity contribution is 0.168. The molecular weight excluding hydrogens is 292 g/mol. The van der Waals surface area contributed by atoms with Gasteiger partial charge in [-0.25, -0.2) is 14.6 Å². The SMILES string of the molecule is C=CCNC(=O)N1CCc2nc(NC(=O)OCC)sc2C1. The number of rotatable bonds is 4. The first kappa shape index (κ1) is 15.3. The Balaban J connectivity index is 1.97. The number of hydrogen-bond donors (Lipinski definition) is 2. The molecule has 8 heteroatoms. The molecule has 0 saturated carbocycles. The van der Waals surface area contributed by atoms with Gasteiger partial charge in [0.15, 0.2) is 5.13 Å². The number of fused-ring (bicyclic) bond motifs is 1. The number of carbonyl (C=O) groups is 2. The minimum Gasteiger partial charge on any atom is -0.450 e. The maximum absolute atomic E-state index is 11.9. The molecule has 0 fully saturated rings. The summed E-state index contributed by atoms with van der Waals surface area (Å²) < 4.78 is 4.81. The van der Waals surface area contributed by atoms with E-state index in [0.717, 1.165) is 10.6 Å². The Bertz CT molecular complexity index is 544.